The molecule has 3 amide bonds. The third-order valence-electron chi connectivity index (χ3n) is 6.15. The van der Waals surface area contributed by atoms with Gasteiger partial charge >= 0.3 is 0 Å². The highest BCUT2D eigenvalue weighted by Gasteiger charge is 2.45. The van der Waals surface area contributed by atoms with E-state index in [1.165, 1.54) is 0 Å². The van der Waals surface area contributed by atoms with Crippen molar-refractivity contribution in [3.05, 3.63) is 24.3 Å². The van der Waals surface area contributed by atoms with Crippen LogP contribution >= 0.6 is 0 Å². The first-order valence-electron chi connectivity index (χ1n) is 9.95. The second-order valence-electron chi connectivity index (χ2n) is 8.07. The van der Waals surface area contributed by atoms with Gasteiger partial charge in [-0.25, -0.2) is 0 Å². The number of piperidine rings is 2. The molecule has 4 N–H and O–H groups in total. The van der Waals surface area contributed by atoms with Crippen LogP contribution < -0.4 is 16.4 Å². The number of rotatable bonds is 3. The molecule has 3 aliphatic rings. The molecule has 0 radical (unpaired) electrons. The molecule has 150 valence electrons. The van der Waals surface area contributed by atoms with Gasteiger partial charge in [-0.3, -0.25) is 19.3 Å². The molecule has 2 fully saturated rings. The van der Waals surface area contributed by atoms with Crippen molar-refractivity contribution in [2.45, 2.75) is 31.2 Å². The fraction of sp³-hybridized carbons (Fsp3) is 0.550. The maximum absolute atomic E-state index is 13.0. The Hall–Kier alpha value is -2.61. The van der Waals surface area contributed by atoms with Crippen molar-refractivity contribution in [2.75, 3.05) is 43.4 Å². The number of likely N-dealkylation sites (tertiary alicyclic amines) is 2. The van der Waals surface area contributed by atoms with Gasteiger partial charge in [0.2, 0.25) is 17.7 Å². The lowest BCUT2D eigenvalue weighted by Gasteiger charge is -2.45. The lowest BCUT2D eigenvalue weighted by Crippen LogP contribution is -2.60. The number of benzene rings is 1. The van der Waals surface area contributed by atoms with Gasteiger partial charge in [-0.1, -0.05) is 12.1 Å². The van der Waals surface area contributed by atoms with Crippen LogP contribution in [0.3, 0.4) is 0 Å². The molecule has 1 spiro atoms. The maximum atomic E-state index is 13.0. The summed E-state index contributed by atoms with van der Waals surface area (Å²) in [6.45, 7) is 2.69. The summed E-state index contributed by atoms with van der Waals surface area (Å²) in [6, 6.07) is 7.68. The molecule has 4 rings (SSSR count). The second-order valence-corrected chi connectivity index (χ2v) is 8.07. The van der Waals surface area contributed by atoms with E-state index in [-0.39, 0.29) is 30.2 Å². The number of nitrogens with one attached hydrogen (secondary N) is 2. The second kappa shape index (κ2) is 7.43. The van der Waals surface area contributed by atoms with E-state index in [1.807, 2.05) is 34.1 Å². The highest BCUT2D eigenvalue weighted by molar-refractivity contribution is 6.06. The van der Waals surface area contributed by atoms with Gasteiger partial charge in [-0.15, -0.1) is 0 Å². The van der Waals surface area contributed by atoms with Gasteiger partial charge in [0.25, 0.3) is 0 Å². The quantitative estimate of drug-likeness (QED) is 0.707. The van der Waals surface area contributed by atoms with E-state index in [9.17, 15) is 14.4 Å². The van der Waals surface area contributed by atoms with Crippen molar-refractivity contribution in [3.8, 4) is 0 Å². The van der Waals surface area contributed by atoms with Crippen molar-refractivity contribution < 1.29 is 14.4 Å². The fourth-order valence-corrected chi connectivity index (χ4v) is 4.60. The fourth-order valence-electron chi connectivity index (χ4n) is 4.60. The van der Waals surface area contributed by atoms with Crippen LogP contribution in [0.2, 0.25) is 0 Å². The minimum atomic E-state index is -0.657. The molecule has 1 aromatic carbocycles. The summed E-state index contributed by atoms with van der Waals surface area (Å²) in [7, 11) is 0. The van der Waals surface area contributed by atoms with Gasteiger partial charge in [0.05, 0.1) is 23.8 Å². The van der Waals surface area contributed by atoms with E-state index in [1.54, 1.807) is 0 Å². The summed E-state index contributed by atoms with van der Waals surface area (Å²) in [5.41, 5.74) is 6.36. The number of carbonyl (C=O) groups is 3. The van der Waals surface area contributed by atoms with E-state index in [0.717, 1.165) is 30.8 Å². The first-order chi connectivity index (χ1) is 13.5. The highest BCUT2D eigenvalue weighted by atomic mass is 16.2. The van der Waals surface area contributed by atoms with Crippen molar-refractivity contribution >= 4 is 29.1 Å². The van der Waals surface area contributed by atoms with Crippen LogP contribution in [-0.4, -0.2) is 65.8 Å². The van der Waals surface area contributed by atoms with E-state index in [4.69, 9.17) is 5.73 Å². The molecule has 8 heteroatoms. The number of carbonyl (C=O) groups excluding carboxylic acids is 3. The number of primary amides is 1. The number of para-hydroxylation sites is 2. The number of nitrogens with zero attached hydrogens (tertiary/aromatic N) is 2. The molecule has 0 saturated carbocycles. The molecule has 3 aliphatic heterocycles. The Morgan fingerprint density at radius 2 is 1.86 bits per heavy atom. The Morgan fingerprint density at radius 3 is 2.57 bits per heavy atom. The summed E-state index contributed by atoms with van der Waals surface area (Å²) in [5, 5.41) is 6.42. The zero-order valence-corrected chi connectivity index (χ0v) is 15.9. The summed E-state index contributed by atoms with van der Waals surface area (Å²) < 4.78 is 0. The normalized spacial score (nSPS) is 24.2. The van der Waals surface area contributed by atoms with Gasteiger partial charge in [0, 0.05) is 19.6 Å². The first kappa shape index (κ1) is 18.7. The number of nitrogens with two attached hydrogens (primary N) is 1. The van der Waals surface area contributed by atoms with Gasteiger partial charge in [-0.2, -0.15) is 0 Å². The van der Waals surface area contributed by atoms with Crippen molar-refractivity contribution in [1.82, 2.24) is 9.80 Å². The molecular weight excluding hydrogens is 358 g/mol. The summed E-state index contributed by atoms with van der Waals surface area (Å²) in [6.07, 6.45) is 2.89. The number of hydrogen-bond donors (Lipinski definition) is 3. The van der Waals surface area contributed by atoms with Crippen LogP contribution in [0, 0.1) is 5.92 Å². The van der Waals surface area contributed by atoms with Crippen molar-refractivity contribution in [3.63, 3.8) is 0 Å². The third kappa shape index (κ3) is 3.56. The zero-order valence-electron chi connectivity index (χ0n) is 15.9. The van der Waals surface area contributed by atoms with Crippen LogP contribution in [0.1, 0.15) is 25.7 Å². The third-order valence-corrected chi connectivity index (χ3v) is 6.15. The Morgan fingerprint density at radius 1 is 1.14 bits per heavy atom. The molecule has 0 aliphatic carbocycles. The first-order valence-corrected chi connectivity index (χ1v) is 9.95. The number of fused-ring (bicyclic) bond motifs is 1. The smallest absolute Gasteiger partial charge is 0.250 e. The molecule has 1 aromatic rings. The molecule has 2 saturated heterocycles. The lowest BCUT2D eigenvalue weighted by atomic mass is 9.83. The van der Waals surface area contributed by atoms with E-state index in [0.29, 0.717) is 32.5 Å². The van der Waals surface area contributed by atoms with Crippen LogP contribution in [0.4, 0.5) is 11.4 Å². The molecule has 3 heterocycles. The Bertz CT molecular complexity index is 788. The monoisotopic (exact) mass is 385 g/mol. The highest BCUT2D eigenvalue weighted by Crippen LogP contribution is 2.36. The van der Waals surface area contributed by atoms with Crippen LogP contribution in [0.25, 0.3) is 0 Å². The van der Waals surface area contributed by atoms with E-state index >= 15 is 0 Å². The van der Waals surface area contributed by atoms with Crippen LogP contribution in [0.15, 0.2) is 24.3 Å². The molecule has 0 aromatic heterocycles. The Labute approximate surface area is 164 Å². The van der Waals surface area contributed by atoms with Gasteiger partial charge < -0.3 is 21.3 Å². The molecule has 28 heavy (non-hydrogen) atoms. The SMILES string of the molecule is NC(=O)CN1CCC[C@H](C(=O)N2CCC3(CC2)Nc2ccccc2NC3=O)C1. The average Bonchev–Trinajstić information content (AvgIpc) is 2.69. The number of anilines is 2. The van der Waals surface area contributed by atoms with Crippen molar-refractivity contribution in [1.29, 1.82) is 0 Å². The van der Waals surface area contributed by atoms with Gasteiger partial charge in [0.15, 0.2) is 0 Å². The minimum Gasteiger partial charge on any atom is -0.369 e. The largest absolute Gasteiger partial charge is 0.369 e. The summed E-state index contributed by atoms with van der Waals surface area (Å²) >= 11 is 0. The number of amides is 3. The van der Waals surface area contributed by atoms with Crippen molar-refractivity contribution in [2.24, 2.45) is 11.7 Å². The Kier molecular flexibility index (Phi) is 4.97. The van der Waals surface area contributed by atoms with Gasteiger partial charge in [-0.05, 0) is 44.4 Å². The molecule has 1 atom stereocenters. The van der Waals surface area contributed by atoms with Crippen LogP contribution in [-0.2, 0) is 14.4 Å². The zero-order chi connectivity index (χ0) is 19.7. The summed E-state index contributed by atoms with van der Waals surface area (Å²) in [5.74, 6) is -0.358. The van der Waals surface area contributed by atoms with Gasteiger partial charge in [0.1, 0.15) is 5.54 Å². The predicted octanol–water partition coefficient (Wildman–Crippen LogP) is 0.609. The predicted molar refractivity (Wildman–Crippen MR) is 106 cm³/mol. The molecule has 0 bridgehead atoms. The topological polar surface area (TPSA) is 108 Å². The molecule has 0 unspecified atom stereocenters. The van der Waals surface area contributed by atoms with E-state index < -0.39 is 5.54 Å². The van der Waals surface area contributed by atoms with Crippen LogP contribution in [0.5, 0.6) is 0 Å². The Balaban J connectivity index is 1.38. The summed E-state index contributed by atoms with van der Waals surface area (Å²) in [4.78, 5) is 40.7. The minimum absolute atomic E-state index is 0.0244. The lowest BCUT2D eigenvalue weighted by molar-refractivity contribution is -0.140. The maximum Gasteiger partial charge on any atom is 0.250 e. The number of hydrogen-bond acceptors (Lipinski definition) is 5. The van der Waals surface area contributed by atoms with E-state index in [2.05, 4.69) is 10.6 Å². The molecular formula is C20H27N5O3. The standard InChI is InChI=1S/C20H27N5O3/c21-17(26)13-24-9-3-4-14(12-24)18(27)25-10-7-20(8-11-25)19(28)22-15-5-1-2-6-16(15)23-20/h1-2,5-6,14,23H,3-4,7-13H2,(H2,21,26)(H,22,28)/t14-/m0/s1. The molecule has 8 nitrogen and oxygen atoms in total. The average molecular weight is 385 g/mol.